The van der Waals surface area contributed by atoms with Gasteiger partial charge in [-0.1, -0.05) is 64.7 Å². The molecule has 0 aromatic heterocycles. The number of unbranched alkanes of at least 4 members (excludes halogenated alkanes) is 9. The van der Waals surface area contributed by atoms with Crippen molar-refractivity contribution in [3.05, 3.63) is 0 Å². The quantitative estimate of drug-likeness (QED) is 0.280. The van der Waals surface area contributed by atoms with Gasteiger partial charge in [0.2, 0.25) is 0 Å². The molecule has 0 radical (unpaired) electrons. The summed E-state index contributed by atoms with van der Waals surface area (Å²) in [5.74, 6) is -0.628. The summed E-state index contributed by atoms with van der Waals surface area (Å²) >= 11 is 0. The Hall–Kier alpha value is -0.990. The van der Waals surface area contributed by atoms with Crippen LogP contribution in [-0.2, 0) is 14.4 Å². The van der Waals surface area contributed by atoms with Crippen LogP contribution in [0.2, 0.25) is 0 Å². The van der Waals surface area contributed by atoms with Crippen molar-refractivity contribution in [1.82, 2.24) is 0 Å². The van der Waals surface area contributed by atoms with Crippen LogP contribution in [0.3, 0.4) is 0 Å². The van der Waals surface area contributed by atoms with Gasteiger partial charge in [-0.2, -0.15) is 0 Å². The summed E-state index contributed by atoms with van der Waals surface area (Å²) < 4.78 is 0. The maximum atomic E-state index is 11.8. The van der Waals surface area contributed by atoms with Crippen LogP contribution in [0.5, 0.6) is 0 Å². The zero-order valence-electron chi connectivity index (χ0n) is 15.5. The molecule has 0 aliphatic rings. The summed E-state index contributed by atoms with van der Waals surface area (Å²) in [5, 5.41) is 0. The molecule has 0 unspecified atom stereocenters. The molecule has 0 aliphatic carbocycles. The Kier molecular flexibility index (Phi) is 14.0. The topological polar surface area (TPSA) is 51.2 Å². The molecule has 3 nitrogen and oxygen atoms in total. The third kappa shape index (κ3) is 13.2. The third-order valence-electron chi connectivity index (χ3n) is 4.50. The smallest absolute Gasteiger partial charge is 0.140 e. The minimum atomic E-state index is -0.577. The van der Waals surface area contributed by atoms with Crippen LogP contribution < -0.4 is 0 Å². The first-order valence-corrected chi connectivity index (χ1v) is 9.51. The second-order valence-corrected chi connectivity index (χ2v) is 6.78. The second-order valence-electron chi connectivity index (χ2n) is 6.78. The Balaban J connectivity index is 3.50. The summed E-state index contributed by atoms with van der Waals surface area (Å²) in [5.41, 5.74) is 0. The van der Waals surface area contributed by atoms with Gasteiger partial charge < -0.3 is 0 Å². The van der Waals surface area contributed by atoms with Crippen LogP contribution >= 0.6 is 0 Å². The molecule has 0 heterocycles. The Morgan fingerprint density at radius 3 is 1.52 bits per heavy atom. The molecule has 0 saturated heterocycles. The molecule has 0 bridgehead atoms. The molecule has 0 fully saturated rings. The summed E-state index contributed by atoms with van der Waals surface area (Å²) in [4.78, 5) is 34.4. The molecular weight excluding hydrogens is 288 g/mol. The Morgan fingerprint density at radius 1 is 0.652 bits per heavy atom. The minimum Gasteiger partial charge on any atom is -0.300 e. The standard InChI is InChI=1S/C20H36O3/c1-4-5-6-7-8-9-10-11-12-13-14-19(23)15-16-20(17(2)21)18(3)22/h20H,4-16H2,1-3H3. The highest BCUT2D eigenvalue weighted by molar-refractivity contribution is 6.00. The lowest BCUT2D eigenvalue weighted by Crippen LogP contribution is -2.20. The van der Waals surface area contributed by atoms with Crippen LogP contribution in [-0.4, -0.2) is 17.3 Å². The lowest BCUT2D eigenvalue weighted by Gasteiger charge is -2.09. The lowest BCUT2D eigenvalue weighted by molar-refractivity contribution is -0.130. The fraction of sp³-hybridized carbons (Fsp3) is 0.850. The van der Waals surface area contributed by atoms with Crippen molar-refractivity contribution in [2.45, 2.75) is 104 Å². The highest BCUT2D eigenvalue weighted by Gasteiger charge is 2.20. The van der Waals surface area contributed by atoms with E-state index in [0.717, 1.165) is 12.8 Å². The van der Waals surface area contributed by atoms with Gasteiger partial charge in [-0.15, -0.1) is 0 Å². The van der Waals surface area contributed by atoms with Crippen molar-refractivity contribution in [2.24, 2.45) is 5.92 Å². The third-order valence-corrected chi connectivity index (χ3v) is 4.50. The largest absolute Gasteiger partial charge is 0.300 e. The average Bonchev–Trinajstić information content (AvgIpc) is 2.48. The Morgan fingerprint density at radius 2 is 1.09 bits per heavy atom. The van der Waals surface area contributed by atoms with Gasteiger partial charge in [0.25, 0.3) is 0 Å². The number of hydrogen-bond acceptors (Lipinski definition) is 3. The van der Waals surface area contributed by atoms with Crippen molar-refractivity contribution < 1.29 is 14.4 Å². The summed E-state index contributed by atoms with van der Waals surface area (Å²) in [6, 6.07) is 0. The number of carbonyl (C=O) groups is 3. The average molecular weight is 325 g/mol. The fourth-order valence-corrected chi connectivity index (χ4v) is 2.93. The monoisotopic (exact) mass is 324 g/mol. The van der Waals surface area contributed by atoms with E-state index in [9.17, 15) is 14.4 Å². The van der Waals surface area contributed by atoms with Crippen LogP contribution in [0, 0.1) is 5.92 Å². The SMILES string of the molecule is CCCCCCCCCCCCC(=O)CCC(C(C)=O)C(C)=O. The molecule has 134 valence electrons. The highest BCUT2D eigenvalue weighted by atomic mass is 16.1. The lowest BCUT2D eigenvalue weighted by atomic mass is 9.93. The molecule has 0 amide bonds. The second kappa shape index (κ2) is 14.6. The van der Waals surface area contributed by atoms with E-state index in [0.29, 0.717) is 19.3 Å². The number of rotatable bonds is 16. The molecule has 0 saturated carbocycles. The molecule has 3 heteroatoms. The molecule has 0 atom stereocenters. The Bertz CT molecular complexity index is 333. The number of carbonyl (C=O) groups excluding carboxylic acids is 3. The predicted molar refractivity (Wildman–Crippen MR) is 95.6 cm³/mol. The van der Waals surface area contributed by atoms with Gasteiger partial charge in [-0.25, -0.2) is 0 Å². The van der Waals surface area contributed by atoms with Crippen LogP contribution in [0.1, 0.15) is 104 Å². The van der Waals surface area contributed by atoms with Crippen LogP contribution in [0.15, 0.2) is 0 Å². The van der Waals surface area contributed by atoms with Crippen molar-refractivity contribution >= 4 is 17.3 Å². The van der Waals surface area contributed by atoms with Gasteiger partial charge >= 0.3 is 0 Å². The number of Topliss-reactive ketones (excluding diaryl/α,β-unsaturated/α-hetero) is 3. The van der Waals surface area contributed by atoms with Crippen molar-refractivity contribution in [3.8, 4) is 0 Å². The zero-order chi connectivity index (χ0) is 17.5. The van der Waals surface area contributed by atoms with Gasteiger partial charge in [0.1, 0.15) is 17.3 Å². The maximum Gasteiger partial charge on any atom is 0.140 e. The highest BCUT2D eigenvalue weighted by Crippen LogP contribution is 2.14. The molecule has 0 aromatic rings. The van der Waals surface area contributed by atoms with Crippen LogP contribution in [0.4, 0.5) is 0 Å². The van der Waals surface area contributed by atoms with Gasteiger partial charge in [0.15, 0.2) is 0 Å². The van der Waals surface area contributed by atoms with E-state index >= 15 is 0 Å². The number of hydrogen-bond donors (Lipinski definition) is 0. The summed E-state index contributed by atoms with van der Waals surface area (Å²) in [6.45, 7) is 5.10. The van der Waals surface area contributed by atoms with E-state index in [4.69, 9.17) is 0 Å². The summed E-state index contributed by atoms with van der Waals surface area (Å²) in [6.07, 6.45) is 13.9. The molecule has 0 aromatic carbocycles. The van der Waals surface area contributed by atoms with E-state index in [1.807, 2.05) is 0 Å². The molecular formula is C20H36O3. The van der Waals surface area contributed by atoms with E-state index in [1.54, 1.807) is 0 Å². The molecule has 0 aliphatic heterocycles. The van der Waals surface area contributed by atoms with E-state index in [1.165, 1.54) is 65.2 Å². The molecule has 0 rings (SSSR count). The normalized spacial score (nSPS) is 11.0. The van der Waals surface area contributed by atoms with Gasteiger partial charge in [0, 0.05) is 12.8 Å². The van der Waals surface area contributed by atoms with Crippen molar-refractivity contribution in [2.75, 3.05) is 0 Å². The molecule has 0 N–H and O–H groups in total. The molecule has 23 heavy (non-hydrogen) atoms. The Labute approximate surface area is 142 Å². The first-order valence-electron chi connectivity index (χ1n) is 9.51. The van der Waals surface area contributed by atoms with Gasteiger partial charge in [-0.3, -0.25) is 14.4 Å². The van der Waals surface area contributed by atoms with Crippen molar-refractivity contribution in [3.63, 3.8) is 0 Å². The number of ketones is 3. The van der Waals surface area contributed by atoms with Gasteiger partial charge in [-0.05, 0) is 26.7 Å². The van der Waals surface area contributed by atoms with E-state index in [2.05, 4.69) is 6.92 Å². The van der Waals surface area contributed by atoms with E-state index in [-0.39, 0.29) is 17.3 Å². The van der Waals surface area contributed by atoms with Crippen molar-refractivity contribution in [1.29, 1.82) is 0 Å². The first kappa shape index (κ1) is 22.0. The predicted octanol–water partition coefficient (Wildman–Crippen LogP) is 5.44. The van der Waals surface area contributed by atoms with E-state index < -0.39 is 5.92 Å². The molecule has 0 spiro atoms. The minimum absolute atomic E-state index is 0.121. The zero-order valence-corrected chi connectivity index (χ0v) is 15.5. The maximum absolute atomic E-state index is 11.8. The van der Waals surface area contributed by atoms with Gasteiger partial charge in [0.05, 0.1) is 5.92 Å². The first-order chi connectivity index (χ1) is 11.0. The summed E-state index contributed by atoms with van der Waals surface area (Å²) in [7, 11) is 0. The fourth-order valence-electron chi connectivity index (χ4n) is 2.93. The van der Waals surface area contributed by atoms with Crippen LogP contribution in [0.25, 0.3) is 0 Å².